The molecule has 1 heterocycles. The molecule has 0 aliphatic carbocycles. The van der Waals surface area contributed by atoms with Gasteiger partial charge in [-0.3, -0.25) is 10.1 Å². The van der Waals surface area contributed by atoms with E-state index in [9.17, 15) is 27.2 Å². The number of sulfonamides is 1. The summed E-state index contributed by atoms with van der Waals surface area (Å²) < 4.78 is 51.4. The lowest BCUT2D eigenvalue weighted by molar-refractivity contribution is -0.136. The Bertz CT molecular complexity index is 1100. The summed E-state index contributed by atoms with van der Waals surface area (Å²) in [7, 11) is -3.01. The lowest BCUT2D eigenvalue weighted by atomic mass is 10.0. The third-order valence-corrected chi connectivity index (χ3v) is 6.93. The fourth-order valence-electron chi connectivity index (χ4n) is 3.37. The van der Waals surface area contributed by atoms with E-state index < -0.39 is 50.2 Å². The summed E-state index contributed by atoms with van der Waals surface area (Å²) in [5.74, 6) is -2.37. The first-order chi connectivity index (χ1) is 15.0. The van der Waals surface area contributed by atoms with E-state index in [0.29, 0.717) is 0 Å². The standard InChI is InChI=1S/C22H29FN2O7S/c1-21(2,3)25-18(26)12-17(33(25,29)30)14-9-8-13(10-15(14)23)11-16(19(27)31-7)24-20(28)32-22(4,5)6/h8-11,17H,12H2,1-7H3,(H,24,28). The Labute approximate surface area is 193 Å². The monoisotopic (exact) mass is 484 g/mol. The van der Waals surface area contributed by atoms with Crippen LogP contribution in [0.25, 0.3) is 6.08 Å². The first-order valence-electron chi connectivity index (χ1n) is 10.1. The number of nitrogens with zero attached hydrogens (tertiary/aromatic N) is 1. The van der Waals surface area contributed by atoms with Gasteiger partial charge in [-0.25, -0.2) is 26.7 Å². The van der Waals surface area contributed by atoms with Crippen molar-refractivity contribution < 1.29 is 36.7 Å². The van der Waals surface area contributed by atoms with E-state index in [1.807, 2.05) is 0 Å². The minimum Gasteiger partial charge on any atom is -0.464 e. The molecule has 0 spiro atoms. The summed E-state index contributed by atoms with van der Waals surface area (Å²) in [6.45, 7) is 9.68. The largest absolute Gasteiger partial charge is 0.464 e. The van der Waals surface area contributed by atoms with Crippen molar-refractivity contribution in [1.82, 2.24) is 9.62 Å². The van der Waals surface area contributed by atoms with E-state index in [-0.39, 0.29) is 23.2 Å². The maximum Gasteiger partial charge on any atom is 0.412 e. The van der Waals surface area contributed by atoms with Gasteiger partial charge >= 0.3 is 12.1 Å². The third kappa shape index (κ3) is 6.10. The van der Waals surface area contributed by atoms with Gasteiger partial charge in [0.2, 0.25) is 15.9 Å². The maximum atomic E-state index is 15.0. The van der Waals surface area contributed by atoms with Crippen LogP contribution < -0.4 is 5.32 Å². The first-order valence-corrected chi connectivity index (χ1v) is 11.6. The number of hydrogen-bond acceptors (Lipinski definition) is 7. The van der Waals surface area contributed by atoms with Crippen LogP contribution >= 0.6 is 0 Å². The maximum absolute atomic E-state index is 15.0. The zero-order valence-electron chi connectivity index (χ0n) is 19.7. The topological polar surface area (TPSA) is 119 Å². The summed E-state index contributed by atoms with van der Waals surface area (Å²) in [5, 5.41) is 0.900. The molecule has 0 saturated carbocycles. The highest BCUT2D eigenvalue weighted by Gasteiger charge is 2.50. The van der Waals surface area contributed by atoms with Crippen LogP contribution in [0.1, 0.15) is 64.3 Å². The lowest BCUT2D eigenvalue weighted by Crippen LogP contribution is -2.45. The Morgan fingerprint density at radius 2 is 1.79 bits per heavy atom. The van der Waals surface area contributed by atoms with Crippen LogP contribution in [0.2, 0.25) is 0 Å². The van der Waals surface area contributed by atoms with Gasteiger partial charge in [0.05, 0.1) is 19.1 Å². The van der Waals surface area contributed by atoms with E-state index in [1.54, 1.807) is 41.5 Å². The van der Waals surface area contributed by atoms with Gasteiger partial charge in [-0.1, -0.05) is 12.1 Å². The fraction of sp³-hybridized carbons (Fsp3) is 0.500. The molecule has 1 unspecified atom stereocenters. The van der Waals surface area contributed by atoms with E-state index in [4.69, 9.17) is 4.74 Å². The SMILES string of the molecule is COC(=O)C(=Cc1ccc(C2CC(=O)N(C(C)(C)C)S2(=O)=O)c(F)c1)NC(=O)OC(C)(C)C. The Kier molecular flexibility index (Phi) is 7.27. The molecule has 0 aromatic heterocycles. The van der Waals surface area contributed by atoms with Crippen LogP contribution in [0.15, 0.2) is 23.9 Å². The molecule has 1 aliphatic heterocycles. The van der Waals surface area contributed by atoms with E-state index >= 15 is 0 Å². The predicted molar refractivity (Wildman–Crippen MR) is 119 cm³/mol. The normalized spacial score (nSPS) is 18.8. The van der Waals surface area contributed by atoms with Crippen molar-refractivity contribution in [1.29, 1.82) is 0 Å². The van der Waals surface area contributed by atoms with Crippen molar-refractivity contribution in [2.45, 2.75) is 64.4 Å². The zero-order valence-corrected chi connectivity index (χ0v) is 20.5. The molecular weight excluding hydrogens is 455 g/mol. The molecule has 0 bridgehead atoms. The average Bonchev–Trinajstić information content (AvgIpc) is 2.87. The number of carbonyl (C=O) groups excluding carboxylic acids is 3. The van der Waals surface area contributed by atoms with E-state index in [1.165, 1.54) is 18.2 Å². The number of nitrogens with one attached hydrogen (secondary N) is 1. The zero-order chi connectivity index (χ0) is 25.4. The quantitative estimate of drug-likeness (QED) is 0.515. The van der Waals surface area contributed by atoms with Crippen molar-refractivity contribution in [3.63, 3.8) is 0 Å². The second-order valence-corrected chi connectivity index (χ2v) is 11.5. The molecule has 1 saturated heterocycles. The number of methoxy groups -OCH3 is 1. The summed E-state index contributed by atoms with van der Waals surface area (Å²) in [6.07, 6.45) is -0.119. The lowest BCUT2D eigenvalue weighted by Gasteiger charge is -2.30. The van der Waals surface area contributed by atoms with Gasteiger partial charge in [0.25, 0.3) is 0 Å². The number of alkyl carbamates (subject to hydrolysis) is 1. The molecule has 182 valence electrons. The van der Waals surface area contributed by atoms with Crippen molar-refractivity contribution >= 4 is 34.1 Å². The molecule has 1 fully saturated rings. The van der Waals surface area contributed by atoms with Crippen LogP contribution in [0.5, 0.6) is 0 Å². The molecule has 2 rings (SSSR count). The van der Waals surface area contributed by atoms with Crippen LogP contribution in [0.3, 0.4) is 0 Å². The predicted octanol–water partition coefficient (Wildman–Crippen LogP) is 3.27. The molecule has 1 N–H and O–H groups in total. The summed E-state index contributed by atoms with van der Waals surface area (Å²) in [6, 6.07) is 3.62. The Hall–Kier alpha value is -2.95. The summed E-state index contributed by atoms with van der Waals surface area (Å²) in [4.78, 5) is 36.4. The van der Waals surface area contributed by atoms with Crippen molar-refractivity contribution in [2.24, 2.45) is 0 Å². The van der Waals surface area contributed by atoms with Crippen LogP contribution in [0, 0.1) is 5.82 Å². The number of carbonyl (C=O) groups is 3. The number of benzene rings is 1. The van der Waals surface area contributed by atoms with Crippen LogP contribution in [0.4, 0.5) is 9.18 Å². The smallest absolute Gasteiger partial charge is 0.412 e. The van der Waals surface area contributed by atoms with Crippen molar-refractivity contribution in [2.75, 3.05) is 7.11 Å². The average molecular weight is 485 g/mol. The molecule has 0 radical (unpaired) electrons. The fourth-order valence-corrected chi connectivity index (χ4v) is 5.61. The molecule has 1 aromatic rings. The number of ether oxygens (including phenoxy) is 2. The van der Waals surface area contributed by atoms with E-state index in [0.717, 1.165) is 17.5 Å². The van der Waals surface area contributed by atoms with Gasteiger partial charge in [0.1, 0.15) is 22.4 Å². The van der Waals surface area contributed by atoms with Gasteiger partial charge in [0.15, 0.2) is 0 Å². The second-order valence-electron chi connectivity index (χ2n) is 9.52. The molecule has 1 aliphatic rings. The summed E-state index contributed by atoms with van der Waals surface area (Å²) in [5.41, 5.74) is -2.10. The van der Waals surface area contributed by atoms with E-state index in [2.05, 4.69) is 10.1 Å². The van der Waals surface area contributed by atoms with Gasteiger partial charge in [-0.05, 0) is 59.2 Å². The van der Waals surface area contributed by atoms with Gasteiger partial charge in [0, 0.05) is 5.56 Å². The molecule has 2 amide bonds. The molecular formula is C22H29FN2O7S. The first kappa shape index (κ1) is 26.3. The Morgan fingerprint density at radius 1 is 1.18 bits per heavy atom. The highest BCUT2D eigenvalue weighted by Crippen LogP contribution is 2.41. The molecule has 9 nitrogen and oxygen atoms in total. The minimum absolute atomic E-state index is 0.155. The highest BCUT2D eigenvalue weighted by molar-refractivity contribution is 7.90. The number of halogens is 1. The number of rotatable bonds is 4. The summed E-state index contributed by atoms with van der Waals surface area (Å²) >= 11 is 0. The number of hydrogen-bond donors (Lipinski definition) is 1. The van der Waals surface area contributed by atoms with Crippen molar-refractivity contribution in [3.05, 3.63) is 40.8 Å². The van der Waals surface area contributed by atoms with Crippen molar-refractivity contribution in [3.8, 4) is 0 Å². The number of esters is 1. The Morgan fingerprint density at radius 3 is 2.24 bits per heavy atom. The number of amides is 2. The highest BCUT2D eigenvalue weighted by atomic mass is 32.2. The van der Waals surface area contributed by atoms with Gasteiger partial charge < -0.3 is 9.47 Å². The second kappa shape index (κ2) is 9.12. The van der Waals surface area contributed by atoms with Crippen LogP contribution in [-0.2, 0) is 29.1 Å². The third-order valence-electron chi connectivity index (χ3n) is 4.53. The molecule has 1 aromatic carbocycles. The van der Waals surface area contributed by atoms with Crippen LogP contribution in [-0.4, -0.2) is 48.9 Å². The Balaban J connectivity index is 2.39. The molecule has 11 heteroatoms. The molecule has 33 heavy (non-hydrogen) atoms. The molecule has 1 atom stereocenters. The van der Waals surface area contributed by atoms with Gasteiger partial charge in [-0.2, -0.15) is 0 Å². The minimum atomic E-state index is -4.12. The van der Waals surface area contributed by atoms with Gasteiger partial charge in [-0.15, -0.1) is 0 Å².